The molecular formula is C15H19NO3S. The first-order chi connectivity index (χ1) is 9.45. The van der Waals surface area contributed by atoms with Gasteiger partial charge in [-0.25, -0.2) is 0 Å². The van der Waals surface area contributed by atoms with E-state index in [0.29, 0.717) is 0 Å². The van der Waals surface area contributed by atoms with E-state index in [1.807, 2.05) is 31.2 Å². The number of carbonyl (C=O) groups excluding carboxylic acids is 3. The van der Waals surface area contributed by atoms with Gasteiger partial charge in [-0.3, -0.25) is 14.4 Å². The van der Waals surface area contributed by atoms with Crippen LogP contribution in [0.25, 0.3) is 0 Å². The summed E-state index contributed by atoms with van der Waals surface area (Å²) in [5.74, 6) is -0.670. The van der Waals surface area contributed by atoms with Crippen molar-refractivity contribution in [2.24, 2.45) is 0 Å². The van der Waals surface area contributed by atoms with Crippen molar-refractivity contribution in [3.63, 3.8) is 0 Å². The highest BCUT2D eigenvalue weighted by atomic mass is 32.2. The largest absolute Gasteiger partial charge is 0.339 e. The lowest BCUT2D eigenvalue weighted by Crippen LogP contribution is -2.46. The van der Waals surface area contributed by atoms with Gasteiger partial charge in [-0.15, -0.1) is 0 Å². The molecular weight excluding hydrogens is 274 g/mol. The number of hydrogen-bond acceptors (Lipinski definition) is 4. The third kappa shape index (κ3) is 4.81. The van der Waals surface area contributed by atoms with Crippen molar-refractivity contribution in [2.45, 2.75) is 26.3 Å². The molecule has 0 fully saturated rings. The summed E-state index contributed by atoms with van der Waals surface area (Å²) in [4.78, 5) is 35.3. The van der Waals surface area contributed by atoms with Crippen LogP contribution >= 0.6 is 11.8 Å². The van der Waals surface area contributed by atoms with Crippen LogP contribution in [-0.2, 0) is 20.8 Å². The standard InChI is InChI=1S/C15H19NO3S/c1-10-6-4-5-7-12(10)8-13(18)15(11(2)17)16-14(19)9-20-3/h4-7,15H,8-9H2,1-3H3,(H,16,19). The lowest BCUT2D eigenvalue weighted by Gasteiger charge is -2.15. The number of rotatable bonds is 7. The van der Waals surface area contributed by atoms with Crippen LogP contribution in [-0.4, -0.2) is 35.5 Å². The first-order valence-corrected chi connectivity index (χ1v) is 7.71. The van der Waals surface area contributed by atoms with Crippen molar-refractivity contribution in [1.82, 2.24) is 5.32 Å². The molecule has 0 aromatic heterocycles. The Morgan fingerprint density at radius 2 is 1.90 bits per heavy atom. The van der Waals surface area contributed by atoms with Crippen LogP contribution in [0.3, 0.4) is 0 Å². The number of aryl methyl sites for hydroxylation is 1. The quantitative estimate of drug-likeness (QED) is 0.775. The Kier molecular flexibility index (Phi) is 6.45. The maximum Gasteiger partial charge on any atom is 0.230 e. The van der Waals surface area contributed by atoms with Crippen LogP contribution in [0.1, 0.15) is 18.1 Å². The van der Waals surface area contributed by atoms with Crippen molar-refractivity contribution < 1.29 is 14.4 Å². The number of hydrogen-bond donors (Lipinski definition) is 1. The lowest BCUT2D eigenvalue weighted by atomic mass is 9.98. The van der Waals surface area contributed by atoms with Crippen molar-refractivity contribution in [1.29, 1.82) is 0 Å². The summed E-state index contributed by atoms with van der Waals surface area (Å²) in [6, 6.07) is 6.47. The summed E-state index contributed by atoms with van der Waals surface area (Å²) in [6.07, 6.45) is 1.94. The summed E-state index contributed by atoms with van der Waals surface area (Å²) in [5.41, 5.74) is 1.88. The minimum Gasteiger partial charge on any atom is -0.339 e. The molecule has 0 aliphatic heterocycles. The highest BCUT2D eigenvalue weighted by Crippen LogP contribution is 2.09. The smallest absolute Gasteiger partial charge is 0.230 e. The second-order valence-corrected chi connectivity index (χ2v) is 5.48. The van der Waals surface area contributed by atoms with Crippen LogP contribution in [0.15, 0.2) is 24.3 Å². The predicted octanol–water partition coefficient (Wildman–Crippen LogP) is 1.54. The van der Waals surface area contributed by atoms with Gasteiger partial charge in [0, 0.05) is 6.42 Å². The molecule has 0 spiro atoms. The molecule has 1 amide bonds. The Labute approximate surface area is 123 Å². The number of carbonyl (C=O) groups is 3. The highest BCUT2D eigenvalue weighted by molar-refractivity contribution is 7.99. The molecule has 1 aromatic rings. The van der Waals surface area contributed by atoms with Gasteiger partial charge in [-0.2, -0.15) is 11.8 Å². The lowest BCUT2D eigenvalue weighted by molar-refractivity contribution is -0.132. The molecule has 0 saturated heterocycles. The zero-order valence-corrected chi connectivity index (χ0v) is 12.8. The summed E-state index contributed by atoms with van der Waals surface area (Å²) >= 11 is 1.35. The molecule has 1 N–H and O–H groups in total. The normalized spacial score (nSPS) is 11.8. The first kappa shape index (κ1) is 16.4. The molecule has 1 rings (SSSR count). The molecule has 1 unspecified atom stereocenters. The molecule has 5 heteroatoms. The van der Waals surface area contributed by atoms with E-state index in [9.17, 15) is 14.4 Å². The fourth-order valence-electron chi connectivity index (χ4n) is 1.84. The number of amides is 1. The van der Waals surface area contributed by atoms with Gasteiger partial charge in [-0.05, 0) is 31.2 Å². The average molecular weight is 293 g/mol. The maximum absolute atomic E-state index is 12.2. The fraction of sp³-hybridized carbons (Fsp3) is 0.400. The number of benzene rings is 1. The Morgan fingerprint density at radius 1 is 1.25 bits per heavy atom. The van der Waals surface area contributed by atoms with Gasteiger partial charge in [0.2, 0.25) is 5.91 Å². The molecule has 0 saturated carbocycles. The van der Waals surface area contributed by atoms with E-state index >= 15 is 0 Å². The van der Waals surface area contributed by atoms with Crippen molar-refractivity contribution in [3.05, 3.63) is 35.4 Å². The number of ketones is 2. The van der Waals surface area contributed by atoms with Gasteiger partial charge in [0.1, 0.15) is 6.04 Å². The Morgan fingerprint density at radius 3 is 2.45 bits per heavy atom. The van der Waals surface area contributed by atoms with Gasteiger partial charge < -0.3 is 5.32 Å². The Bertz CT molecular complexity index is 514. The second-order valence-electron chi connectivity index (χ2n) is 4.61. The Hall–Kier alpha value is -1.62. The molecule has 0 heterocycles. The summed E-state index contributed by atoms with van der Waals surface area (Å²) < 4.78 is 0. The Balaban J connectivity index is 2.77. The van der Waals surface area contributed by atoms with Crippen LogP contribution in [0.2, 0.25) is 0 Å². The van der Waals surface area contributed by atoms with E-state index in [1.165, 1.54) is 18.7 Å². The summed E-state index contributed by atoms with van der Waals surface area (Å²) in [5, 5.41) is 2.50. The SMILES string of the molecule is CSCC(=O)NC(C(C)=O)C(=O)Cc1ccccc1C. The van der Waals surface area contributed by atoms with Crippen molar-refractivity contribution in [3.8, 4) is 0 Å². The predicted molar refractivity (Wildman–Crippen MR) is 80.9 cm³/mol. The van der Waals surface area contributed by atoms with E-state index in [4.69, 9.17) is 0 Å². The molecule has 0 aliphatic carbocycles. The van der Waals surface area contributed by atoms with Crippen LogP contribution < -0.4 is 5.32 Å². The van der Waals surface area contributed by atoms with Crippen LogP contribution in [0, 0.1) is 6.92 Å². The van der Waals surface area contributed by atoms with Crippen molar-refractivity contribution in [2.75, 3.05) is 12.0 Å². The zero-order chi connectivity index (χ0) is 15.1. The molecule has 4 nitrogen and oxygen atoms in total. The van der Waals surface area contributed by atoms with E-state index in [1.54, 1.807) is 6.26 Å². The van der Waals surface area contributed by atoms with E-state index in [-0.39, 0.29) is 29.6 Å². The minimum atomic E-state index is -1.05. The van der Waals surface area contributed by atoms with Gasteiger partial charge in [0.15, 0.2) is 11.6 Å². The molecule has 0 aliphatic rings. The topological polar surface area (TPSA) is 63.2 Å². The van der Waals surface area contributed by atoms with Crippen LogP contribution in [0.4, 0.5) is 0 Å². The minimum absolute atomic E-state index is 0.149. The zero-order valence-electron chi connectivity index (χ0n) is 11.9. The molecule has 0 bridgehead atoms. The van der Waals surface area contributed by atoms with Gasteiger partial charge in [-0.1, -0.05) is 24.3 Å². The number of Topliss-reactive ketones (excluding diaryl/α,β-unsaturated/α-hetero) is 2. The second kappa shape index (κ2) is 7.85. The van der Waals surface area contributed by atoms with Gasteiger partial charge in [0.05, 0.1) is 5.75 Å². The first-order valence-electron chi connectivity index (χ1n) is 6.31. The van der Waals surface area contributed by atoms with Gasteiger partial charge >= 0.3 is 0 Å². The molecule has 20 heavy (non-hydrogen) atoms. The summed E-state index contributed by atoms with van der Waals surface area (Å²) in [6.45, 7) is 3.23. The summed E-state index contributed by atoms with van der Waals surface area (Å²) in [7, 11) is 0. The van der Waals surface area contributed by atoms with Gasteiger partial charge in [0.25, 0.3) is 0 Å². The van der Waals surface area contributed by atoms with E-state index in [0.717, 1.165) is 11.1 Å². The van der Waals surface area contributed by atoms with E-state index < -0.39 is 6.04 Å². The van der Waals surface area contributed by atoms with Crippen molar-refractivity contribution >= 4 is 29.2 Å². The number of nitrogens with one attached hydrogen (secondary N) is 1. The third-order valence-corrected chi connectivity index (χ3v) is 3.49. The monoisotopic (exact) mass is 293 g/mol. The average Bonchev–Trinajstić information content (AvgIpc) is 2.38. The fourth-order valence-corrected chi connectivity index (χ4v) is 2.19. The molecule has 0 radical (unpaired) electrons. The molecule has 1 aromatic carbocycles. The van der Waals surface area contributed by atoms with Crippen LogP contribution in [0.5, 0.6) is 0 Å². The third-order valence-electron chi connectivity index (χ3n) is 2.94. The maximum atomic E-state index is 12.2. The highest BCUT2D eigenvalue weighted by Gasteiger charge is 2.25. The number of thioether (sulfide) groups is 1. The van der Waals surface area contributed by atoms with E-state index in [2.05, 4.69) is 5.32 Å². The molecule has 1 atom stereocenters. The molecule has 108 valence electrons.